The van der Waals surface area contributed by atoms with Gasteiger partial charge in [-0.3, -0.25) is 4.79 Å². The summed E-state index contributed by atoms with van der Waals surface area (Å²) in [5.41, 5.74) is 12.8. The molecule has 4 aromatic heterocycles. The molecule has 4 heterocycles. The maximum absolute atomic E-state index is 11.9. The normalized spacial score (nSPS) is 11.0. The summed E-state index contributed by atoms with van der Waals surface area (Å²) in [5.74, 6) is 1.20. The molecule has 119 heavy (non-hydrogen) atoms. The fourth-order valence-electron chi connectivity index (χ4n) is 12.4. The number of rotatable bonds is 28. The summed E-state index contributed by atoms with van der Waals surface area (Å²) in [6.07, 6.45) is 0. The summed E-state index contributed by atoms with van der Waals surface area (Å²) in [5, 5.41) is 43.8. The Morgan fingerprint density at radius 2 is 0.630 bits per heavy atom. The number of nitrogens with one attached hydrogen (secondary N) is 1. The minimum Gasteiger partial charge on any atom is -0.487 e. The summed E-state index contributed by atoms with van der Waals surface area (Å²) in [6.45, 7) is 2.96. The third-order valence-corrected chi connectivity index (χ3v) is 21.6. The zero-order valence-electron chi connectivity index (χ0n) is 64.3. The minimum atomic E-state index is -1.02. The largest absolute Gasteiger partial charge is 0.487 e. The van der Waals surface area contributed by atoms with Crippen molar-refractivity contribution < 1.29 is 63.3 Å². The van der Waals surface area contributed by atoms with Crippen LogP contribution in [0.2, 0.25) is 0 Å². The average Bonchev–Trinajstić information content (AvgIpc) is 0.830. The molecule has 0 aliphatic heterocycles. The van der Waals surface area contributed by atoms with Crippen molar-refractivity contribution in [2.45, 2.75) is 71.3 Å². The van der Waals surface area contributed by atoms with Crippen LogP contribution in [0.25, 0.3) is 43.6 Å². The van der Waals surface area contributed by atoms with E-state index in [9.17, 15) is 29.1 Å². The zero-order valence-corrected chi connectivity index (χ0v) is 66.8. The van der Waals surface area contributed by atoms with Crippen LogP contribution < -0.4 is 24.3 Å². The van der Waals surface area contributed by atoms with E-state index < -0.39 is 29.9 Å². The Hall–Kier alpha value is -14.1. The summed E-state index contributed by atoms with van der Waals surface area (Å²) >= 11 is 4.98. The number of fused-ring (bicyclic) bond motifs is 4. The third-order valence-electron chi connectivity index (χ3n) is 18.4. The number of carboxylic acid groups (broad SMARTS) is 4. The number of benzene rings is 12. The smallest absolute Gasteiger partial charge is 0.335 e. The molecular weight excluding hydrogens is 1550 g/mol. The Labute approximate surface area is 699 Å². The highest BCUT2D eigenvalue weighted by Crippen LogP contribution is 2.32. The second-order valence-electron chi connectivity index (χ2n) is 27.1. The van der Waals surface area contributed by atoms with Crippen molar-refractivity contribution in [3.63, 3.8) is 0 Å². The average molecular weight is 1630 g/mol. The van der Waals surface area contributed by atoms with Gasteiger partial charge >= 0.3 is 23.9 Å². The molecule has 0 bridgehead atoms. The van der Waals surface area contributed by atoms with Gasteiger partial charge in [0.1, 0.15) is 49.4 Å². The summed E-state index contributed by atoms with van der Waals surface area (Å²) < 4.78 is 23.7. The van der Waals surface area contributed by atoms with Crippen LogP contribution in [-0.2, 0) is 48.5 Å². The number of ether oxygens (including phenoxy) is 4. The number of para-hydroxylation sites is 4. The SMILES string of the molecule is CC(=O)NC(c1cccc(OCc2ccc3ccccc3n2)c1)c1cccc(C(=O)O)c1.O=C(O)c1ccc(CSc2cccc(OCc3ccc4ccccc4n3)c2)cc1.O=C(O)c1cccc(CSc2ccc(OCc3ccc4ccccc4n3)cc2)c1.O=C(O)c1cccc(CSc2cccc(OCc3ccc4ccccc4n3)c2)c1. The number of aromatic carboxylic acids is 4. The van der Waals surface area contributed by atoms with E-state index in [2.05, 4.69) is 43.5 Å². The Kier molecular flexibility index (Phi) is 28.9. The number of thioether (sulfide) groups is 3. The van der Waals surface area contributed by atoms with Crippen LogP contribution in [-0.4, -0.2) is 70.1 Å². The van der Waals surface area contributed by atoms with Crippen LogP contribution in [0.1, 0.15) is 105 Å². The maximum atomic E-state index is 11.9. The maximum Gasteiger partial charge on any atom is 0.335 e. The van der Waals surface area contributed by atoms with Crippen LogP contribution in [0.4, 0.5) is 0 Å². The molecule has 12 aromatic carbocycles. The molecule has 0 radical (unpaired) electrons. The van der Waals surface area contributed by atoms with Crippen molar-refractivity contribution in [2.75, 3.05) is 0 Å². The molecule has 0 fully saturated rings. The molecule has 1 amide bonds. The predicted molar refractivity (Wildman–Crippen MR) is 468 cm³/mol. The van der Waals surface area contributed by atoms with Crippen molar-refractivity contribution in [3.8, 4) is 23.0 Å². The first-order valence-corrected chi connectivity index (χ1v) is 40.7. The fraction of sp³-hybridized carbons (Fsp3) is 0.0918. The molecule has 592 valence electrons. The van der Waals surface area contributed by atoms with Crippen molar-refractivity contribution in [1.29, 1.82) is 0 Å². The van der Waals surface area contributed by atoms with Gasteiger partial charge in [0.2, 0.25) is 5.91 Å². The van der Waals surface area contributed by atoms with E-state index in [1.54, 1.807) is 102 Å². The topological polar surface area (TPSA) is 267 Å². The number of hydrogen-bond donors (Lipinski definition) is 5. The van der Waals surface area contributed by atoms with E-state index in [0.717, 1.165) is 126 Å². The molecule has 16 rings (SSSR count). The number of carbonyl (C=O) groups is 5. The van der Waals surface area contributed by atoms with E-state index in [1.165, 1.54) is 13.0 Å². The van der Waals surface area contributed by atoms with E-state index in [1.807, 2.05) is 249 Å². The van der Waals surface area contributed by atoms with Gasteiger partial charge in [0.15, 0.2) is 0 Å². The first-order chi connectivity index (χ1) is 58.0. The number of aromatic nitrogens is 4. The molecule has 21 heteroatoms. The molecular formula is C98H79N5O13S3. The summed E-state index contributed by atoms with van der Waals surface area (Å²) in [4.78, 5) is 78.1. The van der Waals surface area contributed by atoms with E-state index >= 15 is 0 Å². The third kappa shape index (κ3) is 24.7. The number of amides is 1. The van der Waals surface area contributed by atoms with Gasteiger partial charge in [0, 0.05) is 60.4 Å². The van der Waals surface area contributed by atoms with E-state index in [-0.39, 0.29) is 11.5 Å². The lowest BCUT2D eigenvalue weighted by molar-refractivity contribution is -0.119. The van der Waals surface area contributed by atoms with Crippen molar-refractivity contribution in [3.05, 3.63) is 413 Å². The number of hydrogen-bond acceptors (Lipinski definition) is 16. The second kappa shape index (κ2) is 41.4. The Bertz CT molecular complexity index is 6240. The molecule has 0 aliphatic carbocycles. The van der Waals surface area contributed by atoms with Crippen LogP contribution in [0.3, 0.4) is 0 Å². The van der Waals surface area contributed by atoms with Crippen LogP contribution in [0, 0.1) is 0 Å². The molecule has 18 nitrogen and oxygen atoms in total. The lowest BCUT2D eigenvalue weighted by Gasteiger charge is -2.20. The van der Waals surface area contributed by atoms with E-state index in [0.29, 0.717) is 65.9 Å². The highest BCUT2D eigenvalue weighted by molar-refractivity contribution is 7.99. The number of nitrogens with zero attached hydrogens (tertiary/aromatic N) is 4. The Balaban J connectivity index is 0.000000137. The number of carbonyl (C=O) groups excluding carboxylic acids is 1. The Morgan fingerprint density at radius 3 is 1.03 bits per heavy atom. The molecule has 0 saturated heterocycles. The van der Waals surface area contributed by atoms with Crippen molar-refractivity contribution in [1.82, 2.24) is 25.3 Å². The highest BCUT2D eigenvalue weighted by atomic mass is 32.2. The van der Waals surface area contributed by atoms with E-state index in [4.69, 9.17) is 34.3 Å². The molecule has 16 aromatic rings. The predicted octanol–water partition coefficient (Wildman–Crippen LogP) is 22.2. The number of carboxylic acids is 4. The molecule has 5 N–H and O–H groups in total. The van der Waals surface area contributed by atoms with Crippen molar-refractivity contribution in [2.24, 2.45) is 0 Å². The quantitative estimate of drug-likeness (QED) is 0.0285. The Morgan fingerprint density at radius 1 is 0.294 bits per heavy atom. The van der Waals surface area contributed by atoms with Gasteiger partial charge < -0.3 is 44.7 Å². The van der Waals surface area contributed by atoms with Gasteiger partial charge in [-0.15, -0.1) is 35.3 Å². The summed E-state index contributed by atoms with van der Waals surface area (Å²) in [6, 6.07) is 106. The molecule has 0 saturated carbocycles. The number of pyridine rings is 4. The lowest BCUT2D eigenvalue weighted by Crippen LogP contribution is -2.27. The standard InChI is InChI=1S/C26H22N2O4.3C24H19NO3S/c1-17(29)27-25(19-7-4-9-21(14-19)26(30)31)20-8-5-10-23(15-20)32-16-22-13-12-18-6-2-3-11-24(18)28-22;26-24(27)19-7-3-5-17(13-19)16-29-22-9-4-8-21(14-22)28-15-20-12-11-18-6-1-2-10-23(18)25-20;26-24(27)19-6-3-4-17(14-19)16-29-22-12-10-21(11-13-22)28-15-20-9-8-18-5-1-2-7-23(18)25-20;26-24(27)19-10-8-17(9-11-19)16-29-22-6-3-5-21(14-22)28-15-20-13-12-18-4-1-2-7-23(18)25-20/h2-15,25H,16H2,1H3,(H,27,29)(H,30,31);3*1-14H,15-16H2,(H,26,27). The lowest BCUT2D eigenvalue weighted by atomic mass is 9.96. The molecule has 1 atom stereocenters. The zero-order chi connectivity index (χ0) is 82.7. The first kappa shape index (κ1) is 82.8. The molecule has 0 aliphatic rings. The monoisotopic (exact) mass is 1630 g/mol. The van der Waals surface area contributed by atoms with Gasteiger partial charge in [-0.05, 0) is 198 Å². The van der Waals surface area contributed by atoms with Crippen LogP contribution in [0.5, 0.6) is 23.0 Å². The molecule has 0 spiro atoms. The fourth-order valence-corrected chi connectivity index (χ4v) is 15.0. The van der Waals surface area contributed by atoms with Gasteiger partial charge in [0.25, 0.3) is 0 Å². The van der Waals surface area contributed by atoms with Gasteiger partial charge in [-0.1, -0.05) is 170 Å². The van der Waals surface area contributed by atoms with Crippen LogP contribution in [0.15, 0.2) is 354 Å². The van der Waals surface area contributed by atoms with Gasteiger partial charge in [-0.2, -0.15) is 0 Å². The second-order valence-corrected chi connectivity index (χ2v) is 30.2. The first-order valence-electron chi connectivity index (χ1n) is 37.8. The van der Waals surface area contributed by atoms with Crippen LogP contribution >= 0.6 is 35.3 Å². The summed E-state index contributed by atoms with van der Waals surface area (Å²) in [7, 11) is 0. The van der Waals surface area contributed by atoms with Gasteiger partial charge in [0.05, 0.1) is 73.1 Å². The van der Waals surface area contributed by atoms with Crippen molar-refractivity contribution >= 4 is 109 Å². The highest BCUT2D eigenvalue weighted by Gasteiger charge is 2.19. The molecule has 1 unspecified atom stereocenters. The van der Waals surface area contributed by atoms with Gasteiger partial charge in [-0.25, -0.2) is 39.1 Å². The minimum absolute atomic E-state index is 0.160.